The van der Waals surface area contributed by atoms with Crippen LogP contribution in [0.4, 0.5) is 13.2 Å². The van der Waals surface area contributed by atoms with E-state index in [2.05, 4.69) is 4.98 Å². The third kappa shape index (κ3) is 3.59. The molecule has 0 saturated carbocycles. The maximum absolute atomic E-state index is 12.9. The molecular formula is C22H19F3N2O3. The summed E-state index contributed by atoms with van der Waals surface area (Å²) in [7, 11) is 0. The molecule has 30 heavy (non-hydrogen) atoms. The van der Waals surface area contributed by atoms with Gasteiger partial charge in [0, 0.05) is 30.2 Å². The largest absolute Gasteiger partial charge is 0.416 e. The Hall–Kier alpha value is -3.13. The number of likely N-dealkylation sites (tertiary alicyclic amines) is 1. The number of alkyl halides is 3. The molecule has 0 atom stereocenters. The highest BCUT2D eigenvalue weighted by molar-refractivity contribution is 6.44. The second-order valence-corrected chi connectivity index (χ2v) is 7.48. The molecule has 156 valence electrons. The van der Waals surface area contributed by atoms with Gasteiger partial charge >= 0.3 is 6.18 Å². The SMILES string of the molecule is O=C(C(=O)N1CCC(O)(c2ccccc2)CC1)c1c[nH]c2cc(C(F)(F)F)ccc12. The summed E-state index contributed by atoms with van der Waals surface area (Å²) in [6.45, 7) is 0.410. The zero-order valence-electron chi connectivity index (χ0n) is 15.9. The summed E-state index contributed by atoms with van der Waals surface area (Å²) in [4.78, 5) is 29.5. The van der Waals surface area contributed by atoms with Gasteiger partial charge in [-0.25, -0.2) is 0 Å². The van der Waals surface area contributed by atoms with E-state index in [-0.39, 0.29) is 29.6 Å². The van der Waals surface area contributed by atoms with Crippen molar-refractivity contribution in [2.75, 3.05) is 13.1 Å². The van der Waals surface area contributed by atoms with Gasteiger partial charge in [-0.2, -0.15) is 13.2 Å². The van der Waals surface area contributed by atoms with Crippen LogP contribution in [0.2, 0.25) is 0 Å². The van der Waals surface area contributed by atoms with Gasteiger partial charge in [0.15, 0.2) is 0 Å². The number of amides is 1. The number of fused-ring (bicyclic) bond motifs is 1. The monoisotopic (exact) mass is 416 g/mol. The van der Waals surface area contributed by atoms with Crippen molar-refractivity contribution in [2.45, 2.75) is 24.6 Å². The van der Waals surface area contributed by atoms with E-state index in [4.69, 9.17) is 0 Å². The number of rotatable bonds is 3. The number of benzene rings is 2. The van der Waals surface area contributed by atoms with Crippen LogP contribution in [0.5, 0.6) is 0 Å². The molecule has 2 aromatic carbocycles. The predicted molar refractivity (Wildman–Crippen MR) is 104 cm³/mol. The number of aromatic amines is 1. The first-order chi connectivity index (χ1) is 14.2. The molecule has 3 aromatic rings. The van der Waals surface area contributed by atoms with Gasteiger partial charge in [0.1, 0.15) is 0 Å². The van der Waals surface area contributed by atoms with Gasteiger partial charge in [-0.05, 0) is 30.5 Å². The Bertz CT molecular complexity index is 1100. The summed E-state index contributed by atoms with van der Waals surface area (Å²) in [5.74, 6) is -1.52. The van der Waals surface area contributed by atoms with E-state index in [0.29, 0.717) is 12.8 Å². The summed E-state index contributed by atoms with van der Waals surface area (Å²) in [5, 5.41) is 11.1. The zero-order valence-corrected chi connectivity index (χ0v) is 15.9. The molecule has 2 N–H and O–H groups in total. The van der Waals surface area contributed by atoms with Crippen molar-refractivity contribution in [3.63, 3.8) is 0 Å². The fourth-order valence-electron chi connectivity index (χ4n) is 3.87. The second-order valence-electron chi connectivity index (χ2n) is 7.48. The molecule has 0 unspecified atom stereocenters. The van der Waals surface area contributed by atoms with Crippen molar-refractivity contribution in [3.8, 4) is 0 Å². The van der Waals surface area contributed by atoms with E-state index in [1.54, 1.807) is 0 Å². The summed E-state index contributed by atoms with van der Waals surface area (Å²) >= 11 is 0. The molecule has 0 bridgehead atoms. The molecule has 1 aromatic heterocycles. The van der Waals surface area contributed by atoms with Crippen LogP contribution >= 0.6 is 0 Å². The Kier molecular flexibility index (Phi) is 4.89. The van der Waals surface area contributed by atoms with E-state index in [1.165, 1.54) is 17.2 Å². The normalized spacial score (nSPS) is 16.6. The molecule has 0 radical (unpaired) electrons. The average Bonchev–Trinajstić information content (AvgIpc) is 3.16. The van der Waals surface area contributed by atoms with Crippen LogP contribution in [-0.2, 0) is 16.6 Å². The fourth-order valence-corrected chi connectivity index (χ4v) is 3.87. The number of carbonyl (C=O) groups is 2. The summed E-state index contributed by atoms with van der Waals surface area (Å²) in [6, 6.07) is 12.1. The minimum Gasteiger partial charge on any atom is -0.385 e. The molecule has 1 aliphatic heterocycles. The predicted octanol–water partition coefficient (Wildman–Crippen LogP) is 3.88. The summed E-state index contributed by atoms with van der Waals surface area (Å²) < 4.78 is 38.6. The van der Waals surface area contributed by atoms with Gasteiger partial charge in [-0.15, -0.1) is 0 Å². The molecule has 1 fully saturated rings. The van der Waals surface area contributed by atoms with Gasteiger partial charge in [0.25, 0.3) is 11.7 Å². The van der Waals surface area contributed by atoms with Crippen LogP contribution in [0.3, 0.4) is 0 Å². The van der Waals surface area contributed by atoms with Crippen LogP contribution in [0, 0.1) is 0 Å². The summed E-state index contributed by atoms with van der Waals surface area (Å²) in [5.41, 5.74) is -0.958. The molecule has 4 rings (SSSR count). The molecular weight excluding hydrogens is 397 g/mol. The molecule has 1 amide bonds. The summed E-state index contributed by atoms with van der Waals surface area (Å²) in [6.07, 6.45) is -2.66. The van der Waals surface area contributed by atoms with Crippen molar-refractivity contribution < 1.29 is 27.9 Å². The van der Waals surface area contributed by atoms with E-state index in [9.17, 15) is 27.9 Å². The first-order valence-electron chi connectivity index (χ1n) is 9.49. The van der Waals surface area contributed by atoms with Gasteiger partial charge in [-0.1, -0.05) is 36.4 Å². The number of halogens is 3. The number of aromatic nitrogens is 1. The topological polar surface area (TPSA) is 73.4 Å². The Morgan fingerprint density at radius 3 is 2.33 bits per heavy atom. The lowest BCUT2D eigenvalue weighted by atomic mass is 9.84. The molecule has 0 spiro atoms. The molecule has 2 heterocycles. The Labute approximate surface area is 170 Å². The van der Waals surface area contributed by atoms with Crippen molar-refractivity contribution >= 4 is 22.6 Å². The molecule has 5 nitrogen and oxygen atoms in total. The van der Waals surface area contributed by atoms with Gasteiger partial charge in [-0.3, -0.25) is 9.59 Å². The molecule has 1 saturated heterocycles. The lowest BCUT2D eigenvalue weighted by molar-refractivity contribution is -0.137. The Morgan fingerprint density at radius 1 is 1.03 bits per heavy atom. The number of hydrogen-bond acceptors (Lipinski definition) is 3. The minimum atomic E-state index is -4.50. The smallest absolute Gasteiger partial charge is 0.385 e. The van der Waals surface area contributed by atoms with Crippen molar-refractivity contribution in [3.05, 3.63) is 71.4 Å². The number of nitrogens with one attached hydrogen (secondary N) is 1. The van der Waals surface area contributed by atoms with Crippen LogP contribution in [0.25, 0.3) is 10.9 Å². The lowest BCUT2D eigenvalue weighted by Crippen LogP contribution is -2.47. The van der Waals surface area contributed by atoms with E-state index in [1.807, 2.05) is 30.3 Å². The highest BCUT2D eigenvalue weighted by Gasteiger charge is 2.37. The third-order valence-corrected chi connectivity index (χ3v) is 5.64. The number of H-pyrrole nitrogens is 1. The van der Waals surface area contributed by atoms with Crippen LogP contribution < -0.4 is 0 Å². The van der Waals surface area contributed by atoms with Crippen LogP contribution in [0.15, 0.2) is 54.7 Å². The lowest BCUT2D eigenvalue weighted by Gasteiger charge is -2.38. The Morgan fingerprint density at radius 2 is 1.70 bits per heavy atom. The number of ketones is 1. The van der Waals surface area contributed by atoms with Gasteiger partial charge < -0.3 is 15.0 Å². The number of carbonyl (C=O) groups excluding carboxylic acids is 2. The van der Waals surface area contributed by atoms with E-state index < -0.39 is 29.0 Å². The number of nitrogens with zero attached hydrogens (tertiary/aromatic N) is 1. The third-order valence-electron chi connectivity index (χ3n) is 5.64. The second kappa shape index (κ2) is 7.28. The molecule has 8 heteroatoms. The number of piperidine rings is 1. The molecule has 0 aliphatic carbocycles. The quantitative estimate of drug-likeness (QED) is 0.503. The number of Topliss-reactive ketones (excluding diaryl/α,β-unsaturated/α-hetero) is 1. The minimum absolute atomic E-state index is 0.0348. The van der Waals surface area contributed by atoms with Crippen LogP contribution in [-0.4, -0.2) is 39.8 Å². The number of aliphatic hydroxyl groups is 1. The van der Waals surface area contributed by atoms with Crippen LogP contribution in [0.1, 0.15) is 34.3 Å². The Balaban J connectivity index is 1.50. The standard InChI is InChI=1S/C22H19F3N2O3/c23-22(24,25)15-6-7-16-17(13-26-18(16)12-15)19(28)20(29)27-10-8-21(30,9-11-27)14-4-2-1-3-5-14/h1-7,12-13,26,30H,8-11H2. The van der Waals surface area contributed by atoms with E-state index >= 15 is 0 Å². The van der Waals surface area contributed by atoms with Crippen molar-refractivity contribution in [2.24, 2.45) is 0 Å². The van der Waals surface area contributed by atoms with Crippen molar-refractivity contribution in [1.82, 2.24) is 9.88 Å². The van der Waals surface area contributed by atoms with Gasteiger partial charge in [0.2, 0.25) is 0 Å². The average molecular weight is 416 g/mol. The highest BCUT2D eigenvalue weighted by Crippen LogP contribution is 2.34. The maximum atomic E-state index is 12.9. The van der Waals surface area contributed by atoms with E-state index in [0.717, 1.165) is 17.7 Å². The van der Waals surface area contributed by atoms with Crippen molar-refractivity contribution in [1.29, 1.82) is 0 Å². The molecule has 1 aliphatic rings. The maximum Gasteiger partial charge on any atom is 0.416 e. The zero-order chi connectivity index (χ0) is 21.5. The fraction of sp³-hybridized carbons (Fsp3) is 0.273. The van der Waals surface area contributed by atoms with Gasteiger partial charge in [0.05, 0.1) is 16.7 Å². The number of hydrogen-bond donors (Lipinski definition) is 2. The first-order valence-corrected chi connectivity index (χ1v) is 9.49. The highest BCUT2D eigenvalue weighted by atomic mass is 19.4. The first kappa shape index (κ1) is 20.2.